The normalized spacial score (nSPS) is 17.3. The SMILES string of the molecule is CC1(NC(=O)c2cc(Cl)nc3ccccc23)CCCC1. The van der Waals surface area contributed by atoms with E-state index in [4.69, 9.17) is 11.6 Å². The molecule has 3 rings (SSSR count). The van der Waals surface area contributed by atoms with Crippen LogP contribution in [-0.4, -0.2) is 16.4 Å². The third-order valence-corrected chi connectivity index (χ3v) is 4.25. The molecule has 1 aromatic heterocycles. The van der Waals surface area contributed by atoms with E-state index in [-0.39, 0.29) is 11.4 Å². The molecule has 0 unspecified atom stereocenters. The Hall–Kier alpha value is -1.61. The standard InChI is InChI=1S/C16H17ClN2O/c1-16(8-4-5-9-16)19-15(20)12-10-14(17)18-13-7-3-2-6-11(12)13/h2-3,6-7,10H,4-5,8-9H2,1H3,(H,19,20). The Morgan fingerprint density at radius 1 is 1.30 bits per heavy atom. The molecule has 1 aromatic carbocycles. The summed E-state index contributed by atoms with van der Waals surface area (Å²) in [6, 6.07) is 9.23. The van der Waals surface area contributed by atoms with E-state index < -0.39 is 0 Å². The number of nitrogens with zero attached hydrogens (tertiary/aromatic N) is 1. The molecule has 20 heavy (non-hydrogen) atoms. The van der Waals surface area contributed by atoms with Gasteiger partial charge in [-0.25, -0.2) is 4.98 Å². The highest BCUT2D eigenvalue weighted by atomic mass is 35.5. The van der Waals surface area contributed by atoms with Crippen molar-refractivity contribution in [3.05, 3.63) is 41.0 Å². The zero-order valence-corrected chi connectivity index (χ0v) is 12.2. The first kappa shape index (κ1) is 13.4. The maximum absolute atomic E-state index is 12.6. The van der Waals surface area contributed by atoms with Gasteiger partial charge in [-0.2, -0.15) is 0 Å². The van der Waals surface area contributed by atoms with Crippen LogP contribution in [0.2, 0.25) is 5.15 Å². The maximum Gasteiger partial charge on any atom is 0.252 e. The molecule has 3 nitrogen and oxygen atoms in total. The summed E-state index contributed by atoms with van der Waals surface area (Å²) in [6.07, 6.45) is 4.42. The van der Waals surface area contributed by atoms with Crippen LogP contribution in [0.4, 0.5) is 0 Å². The average molecular weight is 289 g/mol. The van der Waals surface area contributed by atoms with Crippen LogP contribution in [-0.2, 0) is 0 Å². The van der Waals surface area contributed by atoms with Crippen molar-refractivity contribution in [2.75, 3.05) is 0 Å². The predicted molar refractivity (Wildman–Crippen MR) is 81.1 cm³/mol. The van der Waals surface area contributed by atoms with E-state index in [0.717, 1.165) is 23.7 Å². The van der Waals surface area contributed by atoms with E-state index in [9.17, 15) is 4.79 Å². The van der Waals surface area contributed by atoms with Crippen molar-refractivity contribution < 1.29 is 4.79 Å². The van der Waals surface area contributed by atoms with Gasteiger partial charge in [-0.1, -0.05) is 42.6 Å². The molecule has 2 aromatic rings. The molecule has 0 radical (unpaired) electrons. The van der Waals surface area contributed by atoms with E-state index >= 15 is 0 Å². The Morgan fingerprint density at radius 3 is 2.75 bits per heavy atom. The lowest BCUT2D eigenvalue weighted by Gasteiger charge is -2.25. The van der Waals surface area contributed by atoms with Crippen LogP contribution < -0.4 is 5.32 Å². The summed E-state index contributed by atoms with van der Waals surface area (Å²) < 4.78 is 0. The van der Waals surface area contributed by atoms with Gasteiger partial charge in [0.2, 0.25) is 0 Å². The minimum Gasteiger partial charge on any atom is -0.347 e. The van der Waals surface area contributed by atoms with E-state index in [2.05, 4.69) is 17.2 Å². The molecule has 1 saturated carbocycles. The molecule has 1 heterocycles. The van der Waals surface area contributed by atoms with Crippen LogP contribution in [0, 0.1) is 0 Å². The fraction of sp³-hybridized carbons (Fsp3) is 0.375. The molecule has 0 saturated heterocycles. The quantitative estimate of drug-likeness (QED) is 0.850. The van der Waals surface area contributed by atoms with E-state index in [1.54, 1.807) is 6.07 Å². The van der Waals surface area contributed by atoms with Crippen molar-refractivity contribution in [1.29, 1.82) is 0 Å². The number of halogens is 1. The van der Waals surface area contributed by atoms with Crippen molar-refractivity contribution in [2.45, 2.75) is 38.1 Å². The Morgan fingerprint density at radius 2 is 2.00 bits per heavy atom. The number of aromatic nitrogens is 1. The topological polar surface area (TPSA) is 42.0 Å². The molecule has 0 atom stereocenters. The first-order chi connectivity index (χ1) is 9.57. The van der Waals surface area contributed by atoms with Gasteiger partial charge in [0, 0.05) is 10.9 Å². The first-order valence-corrected chi connectivity index (χ1v) is 7.33. The van der Waals surface area contributed by atoms with Crippen LogP contribution in [0.15, 0.2) is 30.3 Å². The number of benzene rings is 1. The Kier molecular flexibility index (Phi) is 3.38. The second-order valence-corrected chi connectivity index (χ2v) is 6.12. The highest BCUT2D eigenvalue weighted by Crippen LogP contribution is 2.30. The monoisotopic (exact) mass is 288 g/mol. The average Bonchev–Trinajstić information content (AvgIpc) is 2.84. The minimum absolute atomic E-state index is 0.0603. The van der Waals surface area contributed by atoms with Gasteiger partial charge in [0.1, 0.15) is 5.15 Å². The zero-order valence-electron chi connectivity index (χ0n) is 11.4. The Labute approximate surface area is 123 Å². The Balaban J connectivity index is 1.98. The number of nitrogens with one attached hydrogen (secondary N) is 1. The molecule has 1 amide bonds. The fourth-order valence-electron chi connectivity index (χ4n) is 2.95. The molecule has 1 N–H and O–H groups in total. The summed E-state index contributed by atoms with van der Waals surface area (Å²) in [7, 11) is 0. The smallest absolute Gasteiger partial charge is 0.252 e. The van der Waals surface area contributed by atoms with Crippen molar-refractivity contribution >= 4 is 28.4 Å². The molecule has 4 heteroatoms. The van der Waals surface area contributed by atoms with Crippen molar-refractivity contribution in [2.24, 2.45) is 0 Å². The second kappa shape index (κ2) is 5.06. The van der Waals surface area contributed by atoms with Crippen molar-refractivity contribution in [3.8, 4) is 0 Å². The third kappa shape index (κ3) is 2.50. The number of amides is 1. The lowest BCUT2D eigenvalue weighted by atomic mass is 9.99. The lowest BCUT2D eigenvalue weighted by Crippen LogP contribution is -2.43. The highest BCUT2D eigenvalue weighted by Gasteiger charge is 2.30. The van der Waals surface area contributed by atoms with Gasteiger partial charge in [-0.15, -0.1) is 0 Å². The molecular weight excluding hydrogens is 272 g/mol. The number of fused-ring (bicyclic) bond motifs is 1. The molecule has 0 spiro atoms. The number of hydrogen-bond donors (Lipinski definition) is 1. The van der Waals surface area contributed by atoms with Gasteiger partial charge in [0.25, 0.3) is 5.91 Å². The summed E-state index contributed by atoms with van der Waals surface area (Å²) >= 11 is 6.03. The van der Waals surface area contributed by atoms with Crippen LogP contribution in [0.1, 0.15) is 43.0 Å². The van der Waals surface area contributed by atoms with Crippen LogP contribution in [0.5, 0.6) is 0 Å². The molecule has 104 valence electrons. The lowest BCUT2D eigenvalue weighted by molar-refractivity contribution is 0.0910. The van der Waals surface area contributed by atoms with E-state index in [0.29, 0.717) is 10.7 Å². The van der Waals surface area contributed by atoms with Gasteiger partial charge in [-0.05, 0) is 31.9 Å². The van der Waals surface area contributed by atoms with Crippen LogP contribution in [0.3, 0.4) is 0 Å². The maximum atomic E-state index is 12.6. The largest absolute Gasteiger partial charge is 0.347 e. The summed E-state index contributed by atoms with van der Waals surface area (Å²) in [5, 5.41) is 4.36. The van der Waals surface area contributed by atoms with Crippen LogP contribution in [0.25, 0.3) is 10.9 Å². The van der Waals surface area contributed by atoms with Gasteiger partial charge in [0.05, 0.1) is 11.1 Å². The number of hydrogen-bond acceptors (Lipinski definition) is 2. The molecule has 0 bridgehead atoms. The molecule has 1 fully saturated rings. The number of carbonyl (C=O) groups is 1. The molecular formula is C16H17ClN2O. The van der Waals surface area contributed by atoms with Crippen molar-refractivity contribution in [3.63, 3.8) is 0 Å². The number of carbonyl (C=O) groups excluding carboxylic acids is 1. The van der Waals surface area contributed by atoms with E-state index in [1.807, 2.05) is 24.3 Å². The van der Waals surface area contributed by atoms with Gasteiger partial charge < -0.3 is 5.32 Å². The second-order valence-electron chi connectivity index (χ2n) is 5.73. The zero-order chi connectivity index (χ0) is 14.2. The van der Waals surface area contributed by atoms with Crippen LogP contribution >= 0.6 is 11.6 Å². The predicted octanol–water partition coefficient (Wildman–Crippen LogP) is 3.95. The summed E-state index contributed by atoms with van der Waals surface area (Å²) in [4.78, 5) is 16.8. The third-order valence-electron chi connectivity index (χ3n) is 4.05. The Bertz CT molecular complexity index is 663. The van der Waals surface area contributed by atoms with Crippen molar-refractivity contribution in [1.82, 2.24) is 10.3 Å². The molecule has 1 aliphatic rings. The van der Waals surface area contributed by atoms with E-state index in [1.165, 1.54) is 12.8 Å². The fourth-order valence-corrected chi connectivity index (χ4v) is 3.15. The number of pyridine rings is 1. The summed E-state index contributed by atoms with van der Waals surface area (Å²) in [5.41, 5.74) is 1.27. The van der Waals surface area contributed by atoms with Gasteiger partial charge >= 0.3 is 0 Å². The minimum atomic E-state index is -0.0894. The number of rotatable bonds is 2. The van der Waals surface area contributed by atoms with Gasteiger partial charge in [0.15, 0.2) is 0 Å². The van der Waals surface area contributed by atoms with Gasteiger partial charge in [-0.3, -0.25) is 4.79 Å². The highest BCUT2D eigenvalue weighted by molar-refractivity contribution is 6.30. The first-order valence-electron chi connectivity index (χ1n) is 6.95. The summed E-state index contributed by atoms with van der Waals surface area (Å²) in [6.45, 7) is 2.11. The molecule has 0 aliphatic heterocycles. The molecule has 1 aliphatic carbocycles. The number of para-hydroxylation sites is 1. The summed E-state index contributed by atoms with van der Waals surface area (Å²) in [5.74, 6) is -0.0603.